The van der Waals surface area contributed by atoms with Gasteiger partial charge < -0.3 is 19.7 Å². The molecule has 0 aromatic heterocycles. The van der Waals surface area contributed by atoms with Gasteiger partial charge in [-0.05, 0) is 12.5 Å². The Morgan fingerprint density at radius 1 is 0.909 bits per heavy atom. The zero-order valence-electron chi connectivity index (χ0n) is 14.1. The first-order valence-electron chi connectivity index (χ1n) is 9.02. The Balaban J connectivity index is 1.88. The molecule has 0 spiro atoms. The SMILES string of the molecule is CCCCCCCCCCCCO[C@@H]1C=C[C@H](O)[C@@H](CO)O1. The van der Waals surface area contributed by atoms with Gasteiger partial charge in [-0.2, -0.15) is 0 Å². The predicted octanol–water partition coefficient (Wildman–Crippen LogP) is 3.56. The summed E-state index contributed by atoms with van der Waals surface area (Å²) in [7, 11) is 0. The van der Waals surface area contributed by atoms with Crippen LogP contribution in [0, 0.1) is 0 Å². The molecule has 1 aliphatic heterocycles. The molecule has 130 valence electrons. The van der Waals surface area contributed by atoms with Gasteiger partial charge in [-0.15, -0.1) is 0 Å². The van der Waals surface area contributed by atoms with Crippen molar-refractivity contribution >= 4 is 0 Å². The van der Waals surface area contributed by atoms with Crippen molar-refractivity contribution in [1.82, 2.24) is 0 Å². The van der Waals surface area contributed by atoms with Crippen molar-refractivity contribution in [1.29, 1.82) is 0 Å². The molecule has 0 unspecified atom stereocenters. The van der Waals surface area contributed by atoms with Gasteiger partial charge >= 0.3 is 0 Å². The van der Waals surface area contributed by atoms with Gasteiger partial charge in [-0.3, -0.25) is 0 Å². The van der Waals surface area contributed by atoms with Crippen LogP contribution in [0.25, 0.3) is 0 Å². The highest BCUT2D eigenvalue weighted by Gasteiger charge is 2.24. The summed E-state index contributed by atoms with van der Waals surface area (Å²) in [6, 6.07) is 0. The van der Waals surface area contributed by atoms with E-state index in [1.165, 1.54) is 57.8 Å². The first-order chi connectivity index (χ1) is 10.8. The summed E-state index contributed by atoms with van der Waals surface area (Å²) >= 11 is 0. The van der Waals surface area contributed by atoms with Gasteiger partial charge in [0, 0.05) is 0 Å². The Morgan fingerprint density at radius 3 is 2.09 bits per heavy atom. The lowest BCUT2D eigenvalue weighted by atomic mass is 10.1. The van der Waals surface area contributed by atoms with Crippen LogP contribution in [-0.2, 0) is 9.47 Å². The standard InChI is InChI=1S/C18H34O4/c1-2-3-4-5-6-7-8-9-10-11-14-21-18-13-12-16(20)17(15-19)22-18/h12-13,16-20H,2-11,14-15H2,1H3/t16-,17+,18-/m0/s1. The maximum absolute atomic E-state index is 9.52. The van der Waals surface area contributed by atoms with Crippen LogP contribution < -0.4 is 0 Å². The van der Waals surface area contributed by atoms with Gasteiger partial charge in [-0.25, -0.2) is 0 Å². The third-order valence-corrected chi connectivity index (χ3v) is 4.12. The number of unbranched alkanes of at least 4 members (excludes halogenated alkanes) is 9. The maximum Gasteiger partial charge on any atom is 0.177 e. The highest BCUT2D eigenvalue weighted by molar-refractivity contribution is 4.99. The van der Waals surface area contributed by atoms with Gasteiger partial charge in [0.15, 0.2) is 6.29 Å². The molecule has 0 saturated heterocycles. The van der Waals surface area contributed by atoms with Crippen molar-refractivity contribution < 1.29 is 19.7 Å². The zero-order chi connectivity index (χ0) is 16.0. The summed E-state index contributed by atoms with van der Waals surface area (Å²) in [5.74, 6) is 0. The molecule has 0 amide bonds. The van der Waals surface area contributed by atoms with E-state index >= 15 is 0 Å². The van der Waals surface area contributed by atoms with E-state index in [9.17, 15) is 5.11 Å². The second-order valence-corrected chi connectivity index (χ2v) is 6.15. The first-order valence-corrected chi connectivity index (χ1v) is 9.02. The lowest BCUT2D eigenvalue weighted by Crippen LogP contribution is -2.38. The van der Waals surface area contributed by atoms with Gasteiger partial charge in [-0.1, -0.05) is 70.8 Å². The zero-order valence-corrected chi connectivity index (χ0v) is 14.1. The molecule has 3 atom stereocenters. The fourth-order valence-electron chi connectivity index (χ4n) is 2.66. The number of hydrogen-bond donors (Lipinski definition) is 2. The van der Waals surface area contributed by atoms with E-state index in [0.29, 0.717) is 6.61 Å². The molecule has 0 aromatic carbocycles. The van der Waals surface area contributed by atoms with Crippen LogP contribution in [-0.4, -0.2) is 41.9 Å². The molecule has 22 heavy (non-hydrogen) atoms. The lowest BCUT2D eigenvalue weighted by Gasteiger charge is -2.28. The number of hydrogen-bond acceptors (Lipinski definition) is 4. The van der Waals surface area contributed by atoms with Crippen molar-refractivity contribution in [3.8, 4) is 0 Å². The van der Waals surface area contributed by atoms with E-state index in [-0.39, 0.29) is 6.61 Å². The molecule has 0 bridgehead atoms. The molecule has 2 N–H and O–H groups in total. The van der Waals surface area contributed by atoms with Crippen LogP contribution in [0.3, 0.4) is 0 Å². The van der Waals surface area contributed by atoms with Gasteiger partial charge in [0.2, 0.25) is 0 Å². The predicted molar refractivity (Wildman–Crippen MR) is 88.7 cm³/mol. The fraction of sp³-hybridized carbons (Fsp3) is 0.889. The van der Waals surface area contributed by atoms with E-state index in [4.69, 9.17) is 14.6 Å². The quantitative estimate of drug-likeness (QED) is 0.403. The van der Waals surface area contributed by atoms with E-state index < -0.39 is 18.5 Å². The molecule has 0 fully saturated rings. The number of aliphatic hydroxyl groups excluding tert-OH is 2. The van der Waals surface area contributed by atoms with Crippen LogP contribution >= 0.6 is 0 Å². The minimum atomic E-state index is -0.734. The summed E-state index contributed by atoms with van der Waals surface area (Å²) in [4.78, 5) is 0. The molecule has 4 nitrogen and oxygen atoms in total. The maximum atomic E-state index is 9.52. The van der Waals surface area contributed by atoms with E-state index in [2.05, 4.69) is 6.92 Å². The molecule has 0 aliphatic carbocycles. The van der Waals surface area contributed by atoms with Gasteiger partial charge in [0.1, 0.15) is 12.2 Å². The summed E-state index contributed by atoms with van der Waals surface area (Å²) < 4.78 is 11.0. The summed E-state index contributed by atoms with van der Waals surface area (Å²) in [6.07, 6.45) is 14.7. The molecule has 0 radical (unpaired) electrons. The molecule has 1 heterocycles. The van der Waals surface area contributed by atoms with E-state index in [0.717, 1.165) is 6.42 Å². The number of aliphatic hydroxyl groups is 2. The van der Waals surface area contributed by atoms with Crippen molar-refractivity contribution in [3.05, 3.63) is 12.2 Å². The Kier molecular flexibility index (Phi) is 11.6. The lowest BCUT2D eigenvalue weighted by molar-refractivity contribution is -0.180. The Hall–Kier alpha value is -0.420. The Labute approximate surface area is 135 Å². The van der Waals surface area contributed by atoms with Crippen molar-refractivity contribution in [2.75, 3.05) is 13.2 Å². The topological polar surface area (TPSA) is 58.9 Å². The normalized spacial score (nSPS) is 24.8. The molecule has 0 saturated carbocycles. The van der Waals surface area contributed by atoms with E-state index in [1.807, 2.05) is 0 Å². The van der Waals surface area contributed by atoms with Crippen molar-refractivity contribution in [2.24, 2.45) is 0 Å². The van der Waals surface area contributed by atoms with E-state index in [1.54, 1.807) is 12.2 Å². The number of rotatable bonds is 13. The largest absolute Gasteiger partial charge is 0.394 e. The Bertz CT molecular complexity index is 280. The summed E-state index contributed by atoms with van der Waals surface area (Å²) in [5.41, 5.74) is 0. The Morgan fingerprint density at radius 2 is 1.50 bits per heavy atom. The summed E-state index contributed by atoms with van der Waals surface area (Å²) in [5, 5.41) is 18.6. The highest BCUT2D eigenvalue weighted by atomic mass is 16.7. The summed E-state index contributed by atoms with van der Waals surface area (Å²) in [6.45, 7) is 2.73. The molecule has 1 aliphatic rings. The molecular weight excluding hydrogens is 280 g/mol. The van der Waals surface area contributed by atoms with Gasteiger partial charge in [0.05, 0.1) is 13.2 Å². The van der Waals surface area contributed by atoms with Crippen LogP contribution in [0.1, 0.15) is 71.1 Å². The monoisotopic (exact) mass is 314 g/mol. The minimum Gasteiger partial charge on any atom is -0.394 e. The molecule has 4 heteroatoms. The first kappa shape index (κ1) is 19.6. The average molecular weight is 314 g/mol. The molecular formula is C18H34O4. The minimum absolute atomic E-state index is 0.191. The van der Waals surface area contributed by atoms with Crippen LogP contribution in [0.2, 0.25) is 0 Å². The smallest absolute Gasteiger partial charge is 0.177 e. The molecule has 0 aromatic rings. The third kappa shape index (κ3) is 8.89. The molecule has 1 rings (SSSR count). The van der Waals surface area contributed by atoms with Crippen molar-refractivity contribution in [2.45, 2.75) is 89.6 Å². The van der Waals surface area contributed by atoms with Crippen LogP contribution in [0.15, 0.2) is 12.2 Å². The van der Waals surface area contributed by atoms with Crippen LogP contribution in [0.5, 0.6) is 0 Å². The van der Waals surface area contributed by atoms with Crippen LogP contribution in [0.4, 0.5) is 0 Å². The van der Waals surface area contributed by atoms with Gasteiger partial charge in [0.25, 0.3) is 0 Å². The number of ether oxygens (including phenoxy) is 2. The van der Waals surface area contributed by atoms with Crippen molar-refractivity contribution in [3.63, 3.8) is 0 Å². The third-order valence-electron chi connectivity index (χ3n) is 4.12. The highest BCUT2D eigenvalue weighted by Crippen LogP contribution is 2.15. The fourth-order valence-corrected chi connectivity index (χ4v) is 2.66. The second-order valence-electron chi connectivity index (χ2n) is 6.15. The average Bonchev–Trinajstić information content (AvgIpc) is 2.54. The second kappa shape index (κ2) is 13.1.